The molecule has 0 spiro atoms. The molecule has 1 aliphatic rings. The number of carboxylic acids is 1. The number of carboxylic acid groups (broad SMARTS) is 1. The Balaban J connectivity index is 1.72. The maximum atomic E-state index is 12.2. The summed E-state index contributed by atoms with van der Waals surface area (Å²) >= 11 is 0. The number of ether oxygens (including phenoxy) is 2. The van der Waals surface area contributed by atoms with Crippen molar-refractivity contribution in [3.63, 3.8) is 0 Å². The van der Waals surface area contributed by atoms with Crippen LogP contribution in [0.5, 0.6) is 11.5 Å². The molecule has 2 N–H and O–H groups in total. The van der Waals surface area contributed by atoms with Gasteiger partial charge in [0.15, 0.2) is 0 Å². The summed E-state index contributed by atoms with van der Waals surface area (Å²) in [6.45, 7) is 2.32. The fourth-order valence-corrected chi connectivity index (χ4v) is 2.92. The summed E-state index contributed by atoms with van der Waals surface area (Å²) in [4.78, 5) is 23.1. The van der Waals surface area contributed by atoms with Crippen LogP contribution in [-0.2, 0) is 9.59 Å². The zero-order chi connectivity index (χ0) is 17.5. The molecule has 1 aliphatic carbocycles. The van der Waals surface area contributed by atoms with E-state index in [4.69, 9.17) is 14.6 Å². The van der Waals surface area contributed by atoms with E-state index in [-0.39, 0.29) is 23.8 Å². The van der Waals surface area contributed by atoms with Crippen molar-refractivity contribution in [2.75, 3.05) is 13.7 Å². The molecule has 132 valence electrons. The molecule has 24 heavy (non-hydrogen) atoms. The lowest BCUT2D eigenvalue weighted by Gasteiger charge is -2.25. The zero-order valence-corrected chi connectivity index (χ0v) is 14.2. The molecule has 0 bridgehead atoms. The first-order chi connectivity index (χ1) is 11.5. The monoisotopic (exact) mass is 335 g/mol. The number of aliphatic carboxylic acids is 1. The topological polar surface area (TPSA) is 84.9 Å². The average molecular weight is 335 g/mol. The summed E-state index contributed by atoms with van der Waals surface area (Å²) in [5, 5.41) is 11.9. The first kappa shape index (κ1) is 18.1. The van der Waals surface area contributed by atoms with Gasteiger partial charge in [-0.3, -0.25) is 9.59 Å². The largest absolute Gasteiger partial charge is 0.497 e. The van der Waals surface area contributed by atoms with Gasteiger partial charge in [0.05, 0.1) is 19.6 Å². The maximum absolute atomic E-state index is 12.2. The molecule has 1 aromatic carbocycles. The van der Waals surface area contributed by atoms with Gasteiger partial charge in [0.1, 0.15) is 17.6 Å². The van der Waals surface area contributed by atoms with Crippen molar-refractivity contribution in [1.29, 1.82) is 0 Å². The third kappa shape index (κ3) is 5.15. The van der Waals surface area contributed by atoms with Gasteiger partial charge in [-0.15, -0.1) is 0 Å². The first-order valence-electron chi connectivity index (χ1n) is 8.30. The van der Waals surface area contributed by atoms with Gasteiger partial charge in [-0.1, -0.05) is 0 Å². The van der Waals surface area contributed by atoms with Crippen molar-refractivity contribution in [3.8, 4) is 11.5 Å². The Bertz CT molecular complexity index is 549. The zero-order valence-electron chi connectivity index (χ0n) is 14.2. The molecule has 1 amide bonds. The molecule has 1 fully saturated rings. The van der Waals surface area contributed by atoms with E-state index in [0.717, 1.165) is 11.5 Å². The lowest BCUT2D eigenvalue weighted by atomic mass is 9.81. The van der Waals surface area contributed by atoms with Crippen molar-refractivity contribution in [3.05, 3.63) is 24.3 Å². The van der Waals surface area contributed by atoms with Gasteiger partial charge >= 0.3 is 5.97 Å². The third-order valence-electron chi connectivity index (χ3n) is 4.41. The number of benzene rings is 1. The minimum Gasteiger partial charge on any atom is -0.497 e. The molecule has 2 rings (SSSR count). The van der Waals surface area contributed by atoms with Crippen molar-refractivity contribution in [2.24, 2.45) is 11.8 Å². The van der Waals surface area contributed by atoms with E-state index >= 15 is 0 Å². The third-order valence-corrected chi connectivity index (χ3v) is 4.41. The smallest absolute Gasteiger partial charge is 0.306 e. The van der Waals surface area contributed by atoms with E-state index in [1.165, 1.54) is 0 Å². The van der Waals surface area contributed by atoms with Crippen molar-refractivity contribution < 1.29 is 24.2 Å². The highest BCUT2D eigenvalue weighted by Crippen LogP contribution is 2.29. The molecule has 0 radical (unpaired) electrons. The highest BCUT2D eigenvalue weighted by Gasteiger charge is 2.29. The van der Waals surface area contributed by atoms with Crippen molar-refractivity contribution >= 4 is 11.9 Å². The minimum absolute atomic E-state index is 0.0102. The molecule has 1 atom stereocenters. The van der Waals surface area contributed by atoms with Crippen LogP contribution in [0.3, 0.4) is 0 Å². The molecule has 1 saturated carbocycles. The highest BCUT2D eigenvalue weighted by atomic mass is 16.5. The van der Waals surface area contributed by atoms with Crippen LogP contribution < -0.4 is 14.8 Å². The molecular formula is C18H25NO5. The summed E-state index contributed by atoms with van der Waals surface area (Å²) in [6.07, 6.45) is 2.27. The lowest BCUT2D eigenvalue weighted by Crippen LogP contribution is -2.39. The van der Waals surface area contributed by atoms with Crippen molar-refractivity contribution in [2.45, 2.75) is 38.7 Å². The number of amides is 1. The van der Waals surface area contributed by atoms with Crippen LogP contribution in [0.2, 0.25) is 0 Å². The number of hydrogen-bond donors (Lipinski definition) is 2. The second kappa shape index (κ2) is 8.57. The molecular weight excluding hydrogens is 310 g/mol. The average Bonchev–Trinajstić information content (AvgIpc) is 2.60. The van der Waals surface area contributed by atoms with E-state index < -0.39 is 5.97 Å². The maximum Gasteiger partial charge on any atom is 0.306 e. The summed E-state index contributed by atoms with van der Waals surface area (Å²) in [5.41, 5.74) is 0. The van der Waals surface area contributed by atoms with Gasteiger partial charge in [-0.2, -0.15) is 0 Å². The minimum atomic E-state index is -0.754. The summed E-state index contributed by atoms with van der Waals surface area (Å²) < 4.78 is 10.8. The summed E-state index contributed by atoms with van der Waals surface area (Å²) in [5.74, 6) is 0.333. The summed E-state index contributed by atoms with van der Waals surface area (Å²) in [6, 6.07) is 7.29. The molecule has 6 nitrogen and oxygen atoms in total. The SMILES string of the molecule is COc1ccc(OC(C)CNC(=O)C2CCC(C(=O)O)CC2)cc1. The second-order valence-electron chi connectivity index (χ2n) is 6.24. The molecule has 6 heteroatoms. The van der Waals surface area contributed by atoms with Crippen LogP contribution in [0.1, 0.15) is 32.6 Å². The highest BCUT2D eigenvalue weighted by molar-refractivity contribution is 5.79. The van der Waals surface area contributed by atoms with Crippen LogP contribution in [0.25, 0.3) is 0 Å². The Kier molecular flexibility index (Phi) is 6.46. The Morgan fingerprint density at radius 3 is 2.21 bits per heavy atom. The normalized spacial score (nSPS) is 21.6. The molecule has 0 aliphatic heterocycles. The Hall–Kier alpha value is -2.24. The second-order valence-corrected chi connectivity index (χ2v) is 6.24. The fraction of sp³-hybridized carbons (Fsp3) is 0.556. The van der Waals surface area contributed by atoms with Crippen LogP contribution in [-0.4, -0.2) is 36.7 Å². The van der Waals surface area contributed by atoms with Crippen LogP contribution in [0.15, 0.2) is 24.3 Å². The van der Waals surface area contributed by atoms with Gasteiger partial charge in [-0.25, -0.2) is 0 Å². The standard InChI is InChI=1S/C18H25NO5/c1-12(24-16-9-7-15(23-2)8-10-16)11-19-17(20)13-3-5-14(6-4-13)18(21)22/h7-10,12-14H,3-6,11H2,1-2H3,(H,19,20)(H,21,22). The molecule has 1 unspecified atom stereocenters. The number of rotatable bonds is 7. The first-order valence-corrected chi connectivity index (χ1v) is 8.30. The van der Waals surface area contributed by atoms with E-state index in [2.05, 4.69) is 5.32 Å². The van der Waals surface area contributed by atoms with Crippen LogP contribution in [0, 0.1) is 11.8 Å². The number of carbonyl (C=O) groups is 2. The Labute approximate surface area is 142 Å². The van der Waals surface area contributed by atoms with Crippen molar-refractivity contribution in [1.82, 2.24) is 5.32 Å². The van der Waals surface area contributed by atoms with Gasteiger partial charge in [0.2, 0.25) is 5.91 Å². The quantitative estimate of drug-likeness (QED) is 0.799. The predicted octanol–water partition coefficient (Wildman–Crippen LogP) is 2.47. The van der Waals surface area contributed by atoms with Gasteiger partial charge in [-0.05, 0) is 56.9 Å². The van der Waals surface area contributed by atoms with Crippen LogP contribution >= 0.6 is 0 Å². The molecule has 0 heterocycles. The number of methoxy groups -OCH3 is 1. The number of nitrogens with one attached hydrogen (secondary N) is 1. The van der Waals surface area contributed by atoms with Crippen LogP contribution in [0.4, 0.5) is 0 Å². The fourth-order valence-electron chi connectivity index (χ4n) is 2.92. The van der Waals surface area contributed by atoms with E-state index in [1.807, 2.05) is 31.2 Å². The number of carbonyl (C=O) groups excluding carboxylic acids is 1. The van der Waals surface area contributed by atoms with Gasteiger partial charge in [0, 0.05) is 5.92 Å². The molecule has 1 aromatic rings. The molecule has 0 aromatic heterocycles. The lowest BCUT2D eigenvalue weighted by molar-refractivity contribution is -0.144. The predicted molar refractivity (Wildman–Crippen MR) is 89.2 cm³/mol. The van der Waals surface area contributed by atoms with E-state index in [0.29, 0.717) is 32.2 Å². The van der Waals surface area contributed by atoms with Gasteiger partial charge in [0.25, 0.3) is 0 Å². The Morgan fingerprint density at radius 2 is 1.67 bits per heavy atom. The Morgan fingerprint density at radius 1 is 1.12 bits per heavy atom. The number of hydrogen-bond acceptors (Lipinski definition) is 4. The van der Waals surface area contributed by atoms with E-state index in [9.17, 15) is 9.59 Å². The molecule has 0 saturated heterocycles. The van der Waals surface area contributed by atoms with E-state index in [1.54, 1.807) is 7.11 Å². The van der Waals surface area contributed by atoms with Gasteiger partial charge < -0.3 is 19.9 Å². The summed E-state index contributed by atoms with van der Waals surface area (Å²) in [7, 11) is 1.61.